The SMILES string of the molecule is CSCC[C@H](NC(=O)Nc1ccc(C)cc1Br)C(=O)O. The van der Waals surface area contributed by atoms with Gasteiger partial charge in [0.1, 0.15) is 6.04 Å². The average molecular weight is 361 g/mol. The van der Waals surface area contributed by atoms with E-state index in [4.69, 9.17) is 5.11 Å². The maximum atomic E-state index is 11.8. The van der Waals surface area contributed by atoms with E-state index in [1.54, 1.807) is 6.07 Å². The molecule has 110 valence electrons. The molecule has 0 radical (unpaired) electrons. The summed E-state index contributed by atoms with van der Waals surface area (Å²) in [5.41, 5.74) is 1.66. The van der Waals surface area contributed by atoms with Gasteiger partial charge >= 0.3 is 12.0 Å². The van der Waals surface area contributed by atoms with Gasteiger partial charge < -0.3 is 15.7 Å². The second-order valence-corrected chi connectivity index (χ2v) is 6.09. The van der Waals surface area contributed by atoms with Gasteiger partial charge in [-0.3, -0.25) is 0 Å². The Morgan fingerprint density at radius 2 is 2.15 bits per heavy atom. The number of amides is 2. The number of carboxylic acids is 1. The predicted molar refractivity (Wildman–Crippen MR) is 85.5 cm³/mol. The number of carboxylic acid groups (broad SMARTS) is 1. The molecule has 0 aliphatic heterocycles. The molecule has 0 bridgehead atoms. The third-order valence-corrected chi connectivity index (χ3v) is 3.89. The molecule has 0 aliphatic rings. The highest BCUT2D eigenvalue weighted by molar-refractivity contribution is 9.10. The lowest BCUT2D eigenvalue weighted by molar-refractivity contribution is -0.139. The van der Waals surface area contributed by atoms with E-state index in [1.165, 1.54) is 11.8 Å². The van der Waals surface area contributed by atoms with E-state index >= 15 is 0 Å². The Bertz CT molecular complexity index is 497. The zero-order valence-corrected chi connectivity index (χ0v) is 13.7. The van der Waals surface area contributed by atoms with E-state index in [9.17, 15) is 9.59 Å². The molecule has 1 aromatic rings. The van der Waals surface area contributed by atoms with Crippen LogP contribution in [0.15, 0.2) is 22.7 Å². The second kappa shape index (κ2) is 8.16. The molecule has 2 amide bonds. The number of urea groups is 1. The van der Waals surface area contributed by atoms with Gasteiger partial charge in [0.2, 0.25) is 0 Å². The standard InChI is InChI=1S/C13H17BrN2O3S/c1-8-3-4-10(9(14)7-8)15-13(19)16-11(12(17)18)5-6-20-2/h3-4,7,11H,5-6H2,1-2H3,(H,17,18)(H2,15,16,19)/t11-/m0/s1. The van der Waals surface area contributed by atoms with Crippen LogP contribution in [-0.2, 0) is 4.79 Å². The first-order valence-corrected chi connectivity index (χ1v) is 8.18. The second-order valence-electron chi connectivity index (χ2n) is 4.25. The van der Waals surface area contributed by atoms with Gasteiger partial charge in [0.15, 0.2) is 0 Å². The Morgan fingerprint density at radius 1 is 1.45 bits per heavy atom. The number of halogens is 1. The fourth-order valence-electron chi connectivity index (χ4n) is 1.53. The summed E-state index contributed by atoms with van der Waals surface area (Å²) in [4.78, 5) is 22.9. The zero-order valence-electron chi connectivity index (χ0n) is 11.3. The van der Waals surface area contributed by atoms with E-state index in [2.05, 4.69) is 26.6 Å². The quantitative estimate of drug-likeness (QED) is 0.728. The highest BCUT2D eigenvalue weighted by Crippen LogP contribution is 2.23. The van der Waals surface area contributed by atoms with Crippen molar-refractivity contribution in [1.82, 2.24) is 5.32 Å². The number of thioether (sulfide) groups is 1. The summed E-state index contributed by atoms with van der Waals surface area (Å²) >= 11 is 4.89. The molecule has 0 heterocycles. The first kappa shape index (κ1) is 16.8. The minimum Gasteiger partial charge on any atom is -0.480 e. The number of aryl methyl sites for hydroxylation is 1. The van der Waals surface area contributed by atoms with Crippen molar-refractivity contribution in [2.45, 2.75) is 19.4 Å². The molecule has 5 nitrogen and oxygen atoms in total. The normalized spacial score (nSPS) is 11.8. The van der Waals surface area contributed by atoms with Gasteiger partial charge in [0.05, 0.1) is 5.69 Å². The number of hydrogen-bond acceptors (Lipinski definition) is 3. The van der Waals surface area contributed by atoms with E-state index in [0.717, 1.165) is 10.0 Å². The van der Waals surface area contributed by atoms with Gasteiger partial charge in [0, 0.05) is 4.47 Å². The van der Waals surface area contributed by atoms with Crippen LogP contribution in [-0.4, -0.2) is 35.2 Å². The summed E-state index contributed by atoms with van der Waals surface area (Å²) in [7, 11) is 0. The summed E-state index contributed by atoms with van der Waals surface area (Å²) in [6.07, 6.45) is 2.28. The number of hydrogen-bond donors (Lipinski definition) is 3. The highest BCUT2D eigenvalue weighted by atomic mass is 79.9. The topological polar surface area (TPSA) is 78.4 Å². The number of carbonyl (C=O) groups is 2. The van der Waals surface area contributed by atoms with Gasteiger partial charge in [-0.2, -0.15) is 11.8 Å². The van der Waals surface area contributed by atoms with E-state index < -0.39 is 18.0 Å². The molecule has 0 aliphatic carbocycles. The van der Waals surface area contributed by atoms with Crippen LogP contribution in [0.5, 0.6) is 0 Å². The van der Waals surface area contributed by atoms with Crippen LogP contribution >= 0.6 is 27.7 Å². The van der Waals surface area contributed by atoms with Crippen molar-refractivity contribution in [3.8, 4) is 0 Å². The number of nitrogens with one attached hydrogen (secondary N) is 2. The van der Waals surface area contributed by atoms with E-state index in [-0.39, 0.29) is 0 Å². The van der Waals surface area contributed by atoms with E-state index in [0.29, 0.717) is 17.9 Å². The number of rotatable bonds is 6. The first-order chi connectivity index (χ1) is 9.43. The van der Waals surface area contributed by atoms with Crippen molar-refractivity contribution in [3.05, 3.63) is 28.2 Å². The summed E-state index contributed by atoms with van der Waals surface area (Å²) < 4.78 is 0.753. The molecule has 0 saturated carbocycles. The Hall–Kier alpha value is -1.21. The molecule has 1 aromatic carbocycles. The Morgan fingerprint density at radius 3 is 2.70 bits per heavy atom. The largest absolute Gasteiger partial charge is 0.480 e. The molecule has 7 heteroatoms. The summed E-state index contributed by atoms with van der Waals surface area (Å²) in [6, 6.07) is 4.09. The summed E-state index contributed by atoms with van der Waals surface area (Å²) in [5, 5.41) is 14.1. The number of carbonyl (C=O) groups excluding carboxylic acids is 1. The van der Waals surface area contributed by atoms with Crippen LogP contribution in [0, 0.1) is 6.92 Å². The average Bonchev–Trinajstić information content (AvgIpc) is 2.37. The van der Waals surface area contributed by atoms with Crippen LogP contribution in [0.4, 0.5) is 10.5 Å². The van der Waals surface area contributed by atoms with Crippen LogP contribution < -0.4 is 10.6 Å². The van der Waals surface area contributed by atoms with Crippen molar-refractivity contribution in [1.29, 1.82) is 0 Å². The monoisotopic (exact) mass is 360 g/mol. The van der Waals surface area contributed by atoms with Gasteiger partial charge in [-0.05, 0) is 59.0 Å². The van der Waals surface area contributed by atoms with Crippen molar-refractivity contribution >= 4 is 45.4 Å². The minimum atomic E-state index is -1.03. The fraction of sp³-hybridized carbons (Fsp3) is 0.385. The Kier molecular flexibility index (Phi) is 6.87. The Balaban J connectivity index is 2.63. The molecular formula is C13H17BrN2O3S. The predicted octanol–water partition coefficient (Wildman–Crippen LogP) is 3.09. The number of benzene rings is 1. The molecule has 0 aromatic heterocycles. The first-order valence-electron chi connectivity index (χ1n) is 5.99. The van der Waals surface area contributed by atoms with Crippen molar-refractivity contribution in [3.63, 3.8) is 0 Å². The highest BCUT2D eigenvalue weighted by Gasteiger charge is 2.19. The molecular weight excluding hydrogens is 344 g/mol. The minimum absolute atomic E-state index is 0.388. The lowest BCUT2D eigenvalue weighted by Crippen LogP contribution is -2.43. The number of aliphatic carboxylic acids is 1. The number of anilines is 1. The van der Waals surface area contributed by atoms with Gasteiger partial charge in [-0.25, -0.2) is 9.59 Å². The van der Waals surface area contributed by atoms with Crippen LogP contribution in [0.25, 0.3) is 0 Å². The lowest BCUT2D eigenvalue weighted by Gasteiger charge is -2.15. The van der Waals surface area contributed by atoms with Crippen LogP contribution in [0.2, 0.25) is 0 Å². The molecule has 20 heavy (non-hydrogen) atoms. The maximum absolute atomic E-state index is 11.8. The summed E-state index contributed by atoms with van der Waals surface area (Å²) in [5.74, 6) is -0.358. The third-order valence-electron chi connectivity index (χ3n) is 2.59. The maximum Gasteiger partial charge on any atom is 0.326 e. The molecule has 1 rings (SSSR count). The van der Waals surface area contributed by atoms with Crippen molar-refractivity contribution in [2.75, 3.05) is 17.3 Å². The van der Waals surface area contributed by atoms with Crippen molar-refractivity contribution in [2.24, 2.45) is 0 Å². The van der Waals surface area contributed by atoms with Gasteiger partial charge in [-0.15, -0.1) is 0 Å². The molecule has 3 N–H and O–H groups in total. The zero-order chi connectivity index (χ0) is 15.1. The summed E-state index contributed by atoms with van der Waals surface area (Å²) in [6.45, 7) is 1.94. The van der Waals surface area contributed by atoms with E-state index in [1.807, 2.05) is 25.3 Å². The molecule has 0 saturated heterocycles. The van der Waals surface area contributed by atoms with Crippen LogP contribution in [0.3, 0.4) is 0 Å². The molecule has 1 atom stereocenters. The van der Waals surface area contributed by atoms with Gasteiger partial charge in [-0.1, -0.05) is 6.07 Å². The molecule has 0 unspecified atom stereocenters. The fourth-order valence-corrected chi connectivity index (χ4v) is 2.60. The smallest absolute Gasteiger partial charge is 0.326 e. The lowest BCUT2D eigenvalue weighted by atomic mass is 10.2. The molecule has 0 fully saturated rings. The molecule has 0 spiro atoms. The third kappa shape index (κ3) is 5.42. The van der Waals surface area contributed by atoms with Crippen molar-refractivity contribution < 1.29 is 14.7 Å². The van der Waals surface area contributed by atoms with Crippen LogP contribution in [0.1, 0.15) is 12.0 Å². The Labute approximate surface area is 130 Å². The van der Waals surface area contributed by atoms with Gasteiger partial charge in [0.25, 0.3) is 0 Å².